The lowest BCUT2D eigenvalue weighted by Crippen LogP contribution is -2.40. The topological polar surface area (TPSA) is 49.3 Å². The van der Waals surface area contributed by atoms with E-state index in [0.717, 1.165) is 19.3 Å². The second-order valence-corrected chi connectivity index (χ2v) is 4.84. The molecule has 92 valence electrons. The molecule has 0 radical (unpaired) electrons. The zero-order chi connectivity index (χ0) is 12.3. The summed E-state index contributed by atoms with van der Waals surface area (Å²) in [5, 5.41) is 12.0. The molecule has 3 atom stereocenters. The second kappa shape index (κ2) is 5.32. The highest BCUT2D eigenvalue weighted by Gasteiger charge is 2.27. The summed E-state index contributed by atoms with van der Waals surface area (Å²) in [6.07, 6.45) is 3.26. The van der Waals surface area contributed by atoms with Crippen molar-refractivity contribution in [1.29, 1.82) is 0 Å². The number of hydrogen-bond acceptors (Lipinski definition) is 2. The van der Waals surface area contributed by atoms with E-state index in [9.17, 15) is 4.79 Å². The van der Waals surface area contributed by atoms with E-state index in [-0.39, 0.29) is 0 Å². The first-order valence-corrected chi connectivity index (χ1v) is 6.20. The Morgan fingerprint density at radius 3 is 2.71 bits per heavy atom. The van der Waals surface area contributed by atoms with E-state index in [1.807, 2.05) is 6.07 Å². The summed E-state index contributed by atoms with van der Waals surface area (Å²) in [4.78, 5) is 10.8. The lowest BCUT2D eigenvalue weighted by molar-refractivity contribution is -0.139. The monoisotopic (exact) mass is 233 g/mol. The van der Waals surface area contributed by atoms with E-state index in [0.29, 0.717) is 12.0 Å². The molecule has 1 aromatic carbocycles. The maximum absolute atomic E-state index is 10.8. The van der Waals surface area contributed by atoms with Gasteiger partial charge in [-0.1, -0.05) is 30.3 Å². The molecule has 2 rings (SSSR count). The predicted molar refractivity (Wildman–Crippen MR) is 67.1 cm³/mol. The van der Waals surface area contributed by atoms with Crippen LogP contribution in [0.2, 0.25) is 0 Å². The van der Waals surface area contributed by atoms with Gasteiger partial charge < -0.3 is 10.4 Å². The van der Waals surface area contributed by atoms with Gasteiger partial charge in [-0.2, -0.15) is 0 Å². The lowest BCUT2D eigenvalue weighted by atomic mass is 9.97. The standard InChI is InChI=1S/C14H19NO2/c1-10(14(16)17)15-13-8-7-12(9-13)11-5-3-2-4-6-11/h2-6,10,12-13,15H,7-9H2,1H3,(H,16,17). The number of carboxylic acid groups (broad SMARTS) is 1. The van der Waals surface area contributed by atoms with Gasteiger partial charge in [0.1, 0.15) is 6.04 Å². The molecule has 17 heavy (non-hydrogen) atoms. The Labute approximate surface area is 102 Å². The molecule has 1 fully saturated rings. The lowest BCUT2D eigenvalue weighted by Gasteiger charge is -2.16. The summed E-state index contributed by atoms with van der Waals surface area (Å²) in [7, 11) is 0. The number of hydrogen-bond donors (Lipinski definition) is 2. The normalized spacial score (nSPS) is 25.7. The Balaban J connectivity index is 1.90. The summed E-state index contributed by atoms with van der Waals surface area (Å²) in [6, 6.07) is 10.4. The van der Waals surface area contributed by atoms with Crippen molar-refractivity contribution in [3.63, 3.8) is 0 Å². The van der Waals surface area contributed by atoms with Gasteiger partial charge in [-0.3, -0.25) is 4.79 Å². The maximum atomic E-state index is 10.8. The van der Waals surface area contributed by atoms with Crippen LogP contribution in [-0.4, -0.2) is 23.2 Å². The van der Waals surface area contributed by atoms with Crippen molar-refractivity contribution in [1.82, 2.24) is 5.32 Å². The number of benzene rings is 1. The van der Waals surface area contributed by atoms with Gasteiger partial charge in [-0.05, 0) is 37.7 Å². The Morgan fingerprint density at radius 2 is 2.06 bits per heavy atom. The molecule has 1 aliphatic carbocycles. The quantitative estimate of drug-likeness (QED) is 0.839. The van der Waals surface area contributed by atoms with E-state index in [1.54, 1.807) is 6.92 Å². The largest absolute Gasteiger partial charge is 0.480 e. The van der Waals surface area contributed by atoms with Crippen LogP contribution in [0.5, 0.6) is 0 Å². The van der Waals surface area contributed by atoms with Crippen molar-refractivity contribution in [3.05, 3.63) is 35.9 Å². The number of nitrogens with one attached hydrogen (secondary N) is 1. The van der Waals surface area contributed by atoms with Crippen molar-refractivity contribution in [2.45, 2.75) is 44.2 Å². The third-order valence-electron chi connectivity index (χ3n) is 3.56. The highest BCUT2D eigenvalue weighted by atomic mass is 16.4. The molecule has 0 amide bonds. The van der Waals surface area contributed by atoms with Gasteiger partial charge in [0.05, 0.1) is 0 Å². The van der Waals surface area contributed by atoms with Gasteiger partial charge in [0.2, 0.25) is 0 Å². The smallest absolute Gasteiger partial charge is 0.320 e. The van der Waals surface area contributed by atoms with E-state index in [1.165, 1.54) is 5.56 Å². The minimum atomic E-state index is -0.770. The molecular formula is C14H19NO2. The highest BCUT2D eigenvalue weighted by Crippen LogP contribution is 2.34. The fourth-order valence-electron chi connectivity index (χ4n) is 2.59. The fourth-order valence-corrected chi connectivity index (χ4v) is 2.59. The first kappa shape index (κ1) is 12.1. The summed E-state index contributed by atoms with van der Waals surface area (Å²) in [5.74, 6) is -0.192. The Morgan fingerprint density at radius 1 is 1.35 bits per heavy atom. The highest BCUT2D eigenvalue weighted by molar-refractivity contribution is 5.72. The van der Waals surface area contributed by atoms with Crippen molar-refractivity contribution < 1.29 is 9.90 Å². The number of rotatable bonds is 4. The van der Waals surface area contributed by atoms with Crippen molar-refractivity contribution in [2.75, 3.05) is 0 Å². The van der Waals surface area contributed by atoms with Crippen LogP contribution < -0.4 is 5.32 Å². The molecular weight excluding hydrogens is 214 g/mol. The predicted octanol–water partition coefficient (Wildman–Crippen LogP) is 2.39. The molecule has 3 unspecified atom stereocenters. The van der Waals surface area contributed by atoms with Gasteiger partial charge >= 0.3 is 5.97 Å². The van der Waals surface area contributed by atoms with Gasteiger partial charge in [-0.15, -0.1) is 0 Å². The molecule has 0 aliphatic heterocycles. The van der Waals surface area contributed by atoms with E-state index in [4.69, 9.17) is 5.11 Å². The van der Waals surface area contributed by atoms with Crippen LogP contribution >= 0.6 is 0 Å². The van der Waals surface area contributed by atoms with Crippen LogP contribution in [0.15, 0.2) is 30.3 Å². The first-order chi connectivity index (χ1) is 8.16. The molecule has 1 aliphatic rings. The van der Waals surface area contributed by atoms with Gasteiger partial charge in [0.25, 0.3) is 0 Å². The van der Waals surface area contributed by atoms with E-state index >= 15 is 0 Å². The molecule has 3 nitrogen and oxygen atoms in total. The molecule has 1 aromatic rings. The number of carbonyl (C=O) groups is 1. The minimum absolute atomic E-state index is 0.339. The molecule has 0 heterocycles. The summed E-state index contributed by atoms with van der Waals surface area (Å²) >= 11 is 0. The van der Waals surface area contributed by atoms with Crippen LogP contribution in [0.4, 0.5) is 0 Å². The second-order valence-electron chi connectivity index (χ2n) is 4.84. The zero-order valence-electron chi connectivity index (χ0n) is 10.1. The molecule has 1 saturated carbocycles. The number of carboxylic acids is 1. The summed E-state index contributed by atoms with van der Waals surface area (Å²) in [5.41, 5.74) is 1.37. The minimum Gasteiger partial charge on any atom is -0.480 e. The van der Waals surface area contributed by atoms with Crippen molar-refractivity contribution >= 4 is 5.97 Å². The van der Waals surface area contributed by atoms with Crippen LogP contribution in [0.1, 0.15) is 37.7 Å². The van der Waals surface area contributed by atoms with Crippen LogP contribution in [0.3, 0.4) is 0 Å². The molecule has 0 aromatic heterocycles. The molecule has 3 heteroatoms. The fraction of sp³-hybridized carbons (Fsp3) is 0.500. The maximum Gasteiger partial charge on any atom is 0.320 e. The van der Waals surface area contributed by atoms with Crippen LogP contribution in [0.25, 0.3) is 0 Å². The van der Waals surface area contributed by atoms with E-state index in [2.05, 4.69) is 29.6 Å². The SMILES string of the molecule is CC(NC1CCC(c2ccccc2)C1)C(=O)O. The van der Waals surface area contributed by atoms with Crippen LogP contribution in [-0.2, 0) is 4.79 Å². The molecule has 2 N–H and O–H groups in total. The molecule has 0 saturated heterocycles. The average Bonchev–Trinajstić information content (AvgIpc) is 2.78. The first-order valence-electron chi connectivity index (χ1n) is 6.20. The van der Waals surface area contributed by atoms with Crippen molar-refractivity contribution in [2.24, 2.45) is 0 Å². The molecule has 0 bridgehead atoms. The van der Waals surface area contributed by atoms with Gasteiger partial charge in [0.15, 0.2) is 0 Å². The summed E-state index contributed by atoms with van der Waals surface area (Å²) < 4.78 is 0. The Bertz CT molecular complexity index is 377. The Kier molecular flexibility index (Phi) is 3.79. The number of aliphatic carboxylic acids is 1. The van der Waals surface area contributed by atoms with Crippen molar-refractivity contribution in [3.8, 4) is 0 Å². The third-order valence-corrected chi connectivity index (χ3v) is 3.56. The van der Waals surface area contributed by atoms with Crippen LogP contribution in [0, 0.1) is 0 Å². The summed E-state index contributed by atoms with van der Waals surface area (Å²) in [6.45, 7) is 1.71. The zero-order valence-corrected chi connectivity index (χ0v) is 10.1. The van der Waals surface area contributed by atoms with Gasteiger partial charge in [0, 0.05) is 6.04 Å². The molecule has 0 spiro atoms. The third kappa shape index (κ3) is 3.07. The van der Waals surface area contributed by atoms with Gasteiger partial charge in [-0.25, -0.2) is 0 Å². The Hall–Kier alpha value is -1.35. The van der Waals surface area contributed by atoms with E-state index < -0.39 is 12.0 Å². The average molecular weight is 233 g/mol.